The van der Waals surface area contributed by atoms with Gasteiger partial charge in [-0.3, -0.25) is 4.90 Å². The molecule has 1 aromatic rings. The third kappa shape index (κ3) is 2.69. The molecule has 0 aliphatic carbocycles. The first-order valence-corrected chi connectivity index (χ1v) is 6.48. The van der Waals surface area contributed by atoms with E-state index < -0.39 is 0 Å². The maximum absolute atomic E-state index is 9.49. The summed E-state index contributed by atoms with van der Waals surface area (Å²) in [7, 11) is 2.04. The third-order valence-electron chi connectivity index (χ3n) is 4.29. The fraction of sp³-hybridized carbons (Fsp3) is 0.769. The van der Waals surface area contributed by atoms with E-state index in [1.807, 2.05) is 19.4 Å². The SMILES string of the molecule is CCC1(CO)CCN(Cc2nccn2C)CC1. The van der Waals surface area contributed by atoms with Gasteiger partial charge in [0.2, 0.25) is 0 Å². The number of aryl methyl sites for hydroxylation is 1. The summed E-state index contributed by atoms with van der Waals surface area (Å²) >= 11 is 0. The maximum atomic E-state index is 9.49. The Kier molecular flexibility index (Phi) is 3.84. The molecule has 1 aliphatic heterocycles. The van der Waals surface area contributed by atoms with E-state index in [1.54, 1.807) is 0 Å². The lowest BCUT2D eigenvalue weighted by Crippen LogP contribution is -2.41. The molecule has 0 atom stereocenters. The van der Waals surface area contributed by atoms with Gasteiger partial charge in [-0.25, -0.2) is 4.98 Å². The Hall–Kier alpha value is -0.870. The van der Waals surface area contributed by atoms with Gasteiger partial charge in [-0.2, -0.15) is 0 Å². The molecule has 1 fully saturated rings. The highest BCUT2D eigenvalue weighted by atomic mass is 16.3. The van der Waals surface area contributed by atoms with Crippen LogP contribution in [0.2, 0.25) is 0 Å². The van der Waals surface area contributed by atoms with E-state index in [-0.39, 0.29) is 5.41 Å². The first-order chi connectivity index (χ1) is 8.19. The van der Waals surface area contributed by atoms with Crippen molar-refractivity contribution >= 4 is 0 Å². The van der Waals surface area contributed by atoms with Crippen molar-refractivity contribution in [3.8, 4) is 0 Å². The van der Waals surface area contributed by atoms with Crippen LogP contribution < -0.4 is 0 Å². The fourth-order valence-electron chi connectivity index (χ4n) is 2.56. The molecule has 0 aromatic carbocycles. The van der Waals surface area contributed by atoms with Crippen molar-refractivity contribution in [1.29, 1.82) is 0 Å². The van der Waals surface area contributed by atoms with Gasteiger partial charge in [0, 0.05) is 26.0 Å². The molecule has 17 heavy (non-hydrogen) atoms. The van der Waals surface area contributed by atoms with Gasteiger partial charge < -0.3 is 9.67 Å². The lowest BCUT2D eigenvalue weighted by Gasteiger charge is -2.40. The summed E-state index contributed by atoms with van der Waals surface area (Å²) in [5, 5.41) is 9.49. The predicted molar refractivity (Wildman–Crippen MR) is 67.5 cm³/mol. The van der Waals surface area contributed by atoms with Crippen molar-refractivity contribution in [2.75, 3.05) is 19.7 Å². The molecule has 4 heteroatoms. The normalized spacial score (nSPS) is 20.6. The van der Waals surface area contributed by atoms with E-state index in [4.69, 9.17) is 0 Å². The van der Waals surface area contributed by atoms with E-state index in [1.165, 1.54) is 0 Å². The second kappa shape index (κ2) is 5.19. The maximum Gasteiger partial charge on any atom is 0.122 e. The summed E-state index contributed by atoms with van der Waals surface area (Å²) in [6.07, 6.45) is 7.13. The molecule has 4 nitrogen and oxygen atoms in total. The highest BCUT2D eigenvalue weighted by Gasteiger charge is 2.32. The van der Waals surface area contributed by atoms with Gasteiger partial charge in [-0.1, -0.05) is 6.92 Å². The molecule has 0 bridgehead atoms. The largest absolute Gasteiger partial charge is 0.396 e. The lowest BCUT2D eigenvalue weighted by atomic mass is 9.77. The number of imidazole rings is 1. The molecule has 1 aliphatic rings. The Bertz CT molecular complexity index is 347. The van der Waals surface area contributed by atoms with Crippen LogP contribution >= 0.6 is 0 Å². The second-order valence-electron chi connectivity index (χ2n) is 5.24. The zero-order chi connectivity index (χ0) is 12.3. The van der Waals surface area contributed by atoms with Crippen molar-refractivity contribution in [2.24, 2.45) is 12.5 Å². The third-order valence-corrected chi connectivity index (χ3v) is 4.29. The van der Waals surface area contributed by atoms with Gasteiger partial charge >= 0.3 is 0 Å². The highest BCUT2D eigenvalue weighted by Crippen LogP contribution is 2.34. The lowest BCUT2D eigenvalue weighted by molar-refractivity contribution is 0.0371. The molecule has 2 heterocycles. The molecule has 0 saturated carbocycles. The topological polar surface area (TPSA) is 41.3 Å². The zero-order valence-electron chi connectivity index (χ0n) is 10.9. The summed E-state index contributed by atoms with van der Waals surface area (Å²) in [6, 6.07) is 0. The van der Waals surface area contributed by atoms with Crippen LogP contribution in [0, 0.1) is 5.41 Å². The first-order valence-electron chi connectivity index (χ1n) is 6.48. The summed E-state index contributed by atoms with van der Waals surface area (Å²) < 4.78 is 2.08. The molecule has 96 valence electrons. The number of hydrogen-bond acceptors (Lipinski definition) is 3. The van der Waals surface area contributed by atoms with E-state index in [0.29, 0.717) is 6.61 Å². The number of nitrogens with zero attached hydrogens (tertiary/aromatic N) is 3. The second-order valence-corrected chi connectivity index (χ2v) is 5.24. The predicted octanol–water partition coefficient (Wildman–Crippen LogP) is 1.40. The quantitative estimate of drug-likeness (QED) is 0.860. The van der Waals surface area contributed by atoms with Crippen molar-refractivity contribution in [3.05, 3.63) is 18.2 Å². The van der Waals surface area contributed by atoms with Crippen molar-refractivity contribution in [2.45, 2.75) is 32.7 Å². The van der Waals surface area contributed by atoms with Gasteiger partial charge in [0.05, 0.1) is 6.54 Å². The summed E-state index contributed by atoms with van der Waals surface area (Å²) in [4.78, 5) is 6.79. The number of aliphatic hydroxyl groups is 1. The van der Waals surface area contributed by atoms with Crippen LogP contribution in [-0.2, 0) is 13.6 Å². The number of aromatic nitrogens is 2. The Morgan fingerprint density at radius 2 is 2.12 bits per heavy atom. The summed E-state index contributed by atoms with van der Waals surface area (Å²) in [5.41, 5.74) is 0.179. The molecule has 2 rings (SSSR count). The van der Waals surface area contributed by atoms with Crippen LogP contribution in [0.4, 0.5) is 0 Å². The van der Waals surface area contributed by atoms with Crippen LogP contribution in [-0.4, -0.2) is 39.3 Å². The van der Waals surface area contributed by atoms with Gasteiger partial charge in [-0.05, 0) is 37.8 Å². The van der Waals surface area contributed by atoms with Gasteiger partial charge in [-0.15, -0.1) is 0 Å². The molecule has 0 radical (unpaired) electrons. The van der Waals surface area contributed by atoms with Crippen LogP contribution in [0.15, 0.2) is 12.4 Å². The van der Waals surface area contributed by atoms with Crippen LogP contribution in [0.25, 0.3) is 0 Å². The van der Waals surface area contributed by atoms with E-state index >= 15 is 0 Å². The Labute approximate surface area is 103 Å². The molecule has 0 amide bonds. The molecule has 1 saturated heterocycles. The zero-order valence-corrected chi connectivity index (χ0v) is 10.9. The van der Waals surface area contributed by atoms with Crippen LogP contribution in [0.1, 0.15) is 32.0 Å². The van der Waals surface area contributed by atoms with Crippen molar-refractivity contribution < 1.29 is 5.11 Å². The molecule has 1 N–H and O–H groups in total. The Morgan fingerprint density at radius 3 is 2.59 bits per heavy atom. The average Bonchev–Trinajstić information content (AvgIpc) is 2.77. The summed E-state index contributed by atoms with van der Waals surface area (Å²) in [5.74, 6) is 1.12. The average molecular weight is 237 g/mol. The minimum atomic E-state index is 0.179. The standard InChI is InChI=1S/C13H23N3O/c1-3-13(11-17)4-7-16(8-5-13)10-12-14-6-9-15(12)2/h6,9,17H,3-5,7-8,10-11H2,1-2H3. The number of piperidine rings is 1. The molecular formula is C13H23N3O. The van der Waals surface area contributed by atoms with Crippen molar-refractivity contribution in [3.63, 3.8) is 0 Å². The van der Waals surface area contributed by atoms with Gasteiger partial charge in [0.15, 0.2) is 0 Å². The highest BCUT2D eigenvalue weighted by molar-refractivity contribution is 4.93. The number of likely N-dealkylation sites (tertiary alicyclic amines) is 1. The number of rotatable bonds is 4. The van der Waals surface area contributed by atoms with Gasteiger partial charge in [0.1, 0.15) is 5.82 Å². The summed E-state index contributed by atoms with van der Waals surface area (Å²) in [6.45, 7) is 5.58. The number of aliphatic hydroxyl groups excluding tert-OH is 1. The minimum absolute atomic E-state index is 0.179. The Balaban J connectivity index is 1.89. The first kappa shape index (κ1) is 12.6. The number of hydrogen-bond donors (Lipinski definition) is 1. The molecule has 0 unspecified atom stereocenters. The molecule has 1 aromatic heterocycles. The minimum Gasteiger partial charge on any atom is -0.396 e. The smallest absolute Gasteiger partial charge is 0.122 e. The monoisotopic (exact) mass is 237 g/mol. The van der Waals surface area contributed by atoms with E-state index in [2.05, 4.69) is 21.4 Å². The van der Waals surface area contributed by atoms with Gasteiger partial charge in [0.25, 0.3) is 0 Å². The van der Waals surface area contributed by atoms with E-state index in [0.717, 1.165) is 44.7 Å². The van der Waals surface area contributed by atoms with Crippen LogP contribution in [0.5, 0.6) is 0 Å². The Morgan fingerprint density at radius 1 is 1.41 bits per heavy atom. The van der Waals surface area contributed by atoms with E-state index in [9.17, 15) is 5.11 Å². The molecule has 0 spiro atoms. The molecular weight excluding hydrogens is 214 g/mol. The van der Waals surface area contributed by atoms with Crippen molar-refractivity contribution in [1.82, 2.24) is 14.5 Å². The fourth-order valence-corrected chi connectivity index (χ4v) is 2.56. The van der Waals surface area contributed by atoms with Crippen LogP contribution in [0.3, 0.4) is 0 Å².